The van der Waals surface area contributed by atoms with Crippen molar-refractivity contribution in [1.82, 2.24) is 4.31 Å². The Morgan fingerprint density at radius 3 is 2.63 bits per heavy atom. The molecular formula is C12H11NO5S. The van der Waals surface area contributed by atoms with Gasteiger partial charge in [0.05, 0.1) is 17.2 Å². The van der Waals surface area contributed by atoms with E-state index in [9.17, 15) is 18.0 Å². The number of nitrogens with zero attached hydrogens (tertiary/aromatic N) is 1. The third-order valence-corrected chi connectivity index (χ3v) is 4.82. The van der Waals surface area contributed by atoms with Crippen LogP contribution in [0.2, 0.25) is 0 Å². The minimum Gasteiger partial charge on any atom is -0.478 e. The van der Waals surface area contributed by atoms with Crippen LogP contribution in [-0.2, 0) is 10.0 Å². The highest BCUT2D eigenvalue weighted by atomic mass is 32.2. The molecule has 7 heteroatoms. The standard InChI is InChI=1S/C12H11NO5S/c1-3-7(2)13-11(14)9-5-4-8(12(15)16)6-10(9)19(13,17)18/h3-7H,1H2,2H3,(H,15,16). The number of carboxylic acid groups (broad SMARTS) is 1. The molecule has 1 N–H and O–H groups in total. The fourth-order valence-corrected chi connectivity index (χ4v) is 3.64. The average molecular weight is 281 g/mol. The van der Waals surface area contributed by atoms with E-state index in [-0.39, 0.29) is 16.0 Å². The van der Waals surface area contributed by atoms with Gasteiger partial charge < -0.3 is 5.11 Å². The number of carbonyl (C=O) groups is 2. The Kier molecular flexibility index (Phi) is 2.94. The first-order valence-electron chi connectivity index (χ1n) is 5.39. The molecular weight excluding hydrogens is 270 g/mol. The van der Waals surface area contributed by atoms with Crippen LogP contribution in [0.3, 0.4) is 0 Å². The van der Waals surface area contributed by atoms with Gasteiger partial charge in [0.15, 0.2) is 0 Å². The maximum absolute atomic E-state index is 12.2. The van der Waals surface area contributed by atoms with Crippen molar-refractivity contribution in [2.24, 2.45) is 0 Å². The van der Waals surface area contributed by atoms with Crippen molar-refractivity contribution in [2.75, 3.05) is 0 Å². The van der Waals surface area contributed by atoms with Gasteiger partial charge in [-0.1, -0.05) is 6.08 Å². The van der Waals surface area contributed by atoms with E-state index in [0.717, 1.165) is 6.07 Å². The van der Waals surface area contributed by atoms with E-state index in [1.165, 1.54) is 25.1 Å². The van der Waals surface area contributed by atoms with Crippen LogP contribution in [0.15, 0.2) is 35.7 Å². The zero-order valence-corrected chi connectivity index (χ0v) is 10.8. The summed E-state index contributed by atoms with van der Waals surface area (Å²) >= 11 is 0. The molecule has 1 amide bonds. The Morgan fingerprint density at radius 2 is 2.11 bits per heavy atom. The quantitative estimate of drug-likeness (QED) is 0.838. The fraction of sp³-hybridized carbons (Fsp3) is 0.167. The zero-order chi connectivity index (χ0) is 14.4. The predicted octanol–water partition coefficient (Wildman–Crippen LogP) is 1.10. The van der Waals surface area contributed by atoms with Gasteiger partial charge in [0, 0.05) is 0 Å². The second-order valence-electron chi connectivity index (χ2n) is 4.10. The third-order valence-electron chi connectivity index (χ3n) is 2.91. The highest BCUT2D eigenvalue weighted by molar-refractivity contribution is 7.90. The highest BCUT2D eigenvalue weighted by Crippen LogP contribution is 2.32. The van der Waals surface area contributed by atoms with Crippen molar-refractivity contribution < 1.29 is 23.1 Å². The van der Waals surface area contributed by atoms with Gasteiger partial charge in [-0.25, -0.2) is 17.5 Å². The maximum Gasteiger partial charge on any atom is 0.335 e. The molecule has 1 aliphatic rings. The molecule has 1 aromatic carbocycles. The molecule has 6 nitrogen and oxygen atoms in total. The molecule has 2 rings (SSSR count). The minimum atomic E-state index is -4.01. The van der Waals surface area contributed by atoms with E-state index in [1.807, 2.05) is 0 Å². The van der Waals surface area contributed by atoms with Gasteiger partial charge in [0.1, 0.15) is 4.90 Å². The lowest BCUT2D eigenvalue weighted by atomic mass is 10.1. The summed E-state index contributed by atoms with van der Waals surface area (Å²) < 4.78 is 25.2. The fourth-order valence-electron chi connectivity index (χ4n) is 1.88. The Balaban J connectivity index is 2.68. The second-order valence-corrected chi connectivity index (χ2v) is 5.88. The van der Waals surface area contributed by atoms with Crippen LogP contribution in [0.25, 0.3) is 0 Å². The first-order chi connectivity index (χ1) is 8.80. The number of benzene rings is 1. The first-order valence-corrected chi connectivity index (χ1v) is 6.83. The number of sulfonamides is 1. The van der Waals surface area contributed by atoms with Crippen LogP contribution in [-0.4, -0.2) is 35.7 Å². The number of amides is 1. The largest absolute Gasteiger partial charge is 0.478 e. The van der Waals surface area contributed by atoms with Crippen LogP contribution in [0, 0.1) is 0 Å². The first kappa shape index (κ1) is 13.3. The molecule has 0 saturated heterocycles. The molecule has 0 radical (unpaired) electrons. The molecule has 0 fully saturated rings. The molecule has 100 valence electrons. The van der Waals surface area contributed by atoms with E-state index in [4.69, 9.17) is 5.11 Å². The molecule has 1 heterocycles. The van der Waals surface area contributed by atoms with Gasteiger partial charge in [-0.05, 0) is 25.1 Å². The number of rotatable bonds is 3. The summed E-state index contributed by atoms with van der Waals surface area (Å²) in [6.07, 6.45) is 1.33. The molecule has 1 aromatic rings. The number of hydrogen-bond acceptors (Lipinski definition) is 4. The zero-order valence-electron chi connectivity index (χ0n) is 10.0. The molecule has 0 aromatic heterocycles. The van der Waals surface area contributed by atoms with Crippen molar-refractivity contribution in [1.29, 1.82) is 0 Å². The summed E-state index contributed by atoms with van der Waals surface area (Å²) in [4.78, 5) is 22.6. The smallest absolute Gasteiger partial charge is 0.335 e. The number of aromatic carboxylic acids is 1. The van der Waals surface area contributed by atoms with E-state index in [0.29, 0.717) is 4.31 Å². The van der Waals surface area contributed by atoms with Crippen molar-refractivity contribution in [2.45, 2.75) is 17.9 Å². The monoisotopic (exact) mass is 281 g/mol. The molecule has 1 aliphatic heterocycles. The summed E-state index contributed by atoms with van der Waals surface area (Å²) in [6, 6.07) is 2.73. The van der Waals surface area contributed by atoms with Gasteiger partial charge in [-0.15, -0.1) is 6.58 Å². The molecule has 0 spiro atoms. The van der Waals surface area contributed by atoms with Crippen molar-refractivity contribution in [3.05, 3.63) is 42.0 Å². The highest BCUT2D eigenvalue weighted by Gasteiger charge is 2.43. The second kappa shape index (κ2) is 4.20. The lowest BCUT2D eigenvalue weighted by molar-refractivity contribution is 0.0695. The lowest BCUT2D eigenvalue weighted by Gasteiger charge is -2.19. The Labute approximate surface area is 110 Å². The van der Waals surface area contributed by atoms with Crippen LogP contribution in [0.4, 0.5) is 0 Å². The summed E-state index contributed by atoms with van der Waals surface area (Å²) in [5.41, 5.74) is -0.193. The Morgan fingerprint density at radius 1 is 1.47 bits per heavy atom. The van der Waals surface area contributed by atoms with E-state index < -0.39 is 27.9 Å². The SMILES string of the molecule is C=CC(C)N1C(=O)c2ccc(C(=O)O)cc2S1(=O)=O. The van der Waals surface area contributed by atoms with Crippen LogP contribution in [0.5, 0.6) is 0 Å². The number of fused-ring (bicyclic) bond motifs is 1. The van der Waals surface area contributed by atoms with E-state index in [2.05, 4.69) is 6.58 Å². The average Bonchev–Trinajstić information content (AvgIpc) is 2.56. The molecule has 1 atom stereocenters. The third kappa shape index (κ3) is 1.82. The van der Waals surface area contributed by atoms with Crippen LogP contribution >= 0.6 is 0 Å². The summed E-state index contributed by atoms with van der Waals surface area (Å²) in [5, 5.41) is 8.86. The summed E-state index contributed by atoms with van der Waals surface area (Å²) in [7, 11) is -4.01. The number of carbonyl (C=O) groups excluding carboxylic acids is 1. The Hall–Kier alpha value is -2.15. The number of hydrogen-bond donors (Lipinski definition) is 1. The molecule has 0 saturated carbocycles. The minimum absolute atomic E-state index is 0.0151. The molecule has 0 aliphatic carbocycles. The summed E-state index contributed by atoms with van der Waals surface area (Å²) in [5.74, 6) is -1.92. The van der Waals surface area contributed by atoms with Gasteiger partial charge >= 0.3 is 5.97 Å². The maximum atomic E-state index is 12.2. The van der Waals surface area contributed by atoms with E-state index >= 15 is 0 Å². The van der Waals surface area contributed by atoms with Crippen LogP contribution < -0.4 is 0 Å². The molecule has 0 bridgehead atoms. The Bertz CT molecular complexity index is 692. The van der Waals surface area contributed by atoms with Crippen molar-refractivity contribution in [3.8, 4) is 0 Å². The molecule has 1 unspecified atom stereocenters. The van der Waals surface area contributed by atoms with Gasteiger partial charge in [-0.3, -0.25) is 4.79 Å². The summed E-state index contributed by atoms with van der Waals surface area (Å²) in [6.45, 7) is 4.98. The normalized spacial score (nSPS) is 17.9. The van der Waals surface area contributed by atoms with E-state index in [1.54, 1.807) is 0 Å². The topological polar surface area (TPSA) is 91.8 Å². The van der Waals surface area contributed by atoms with Crippen molar-refractivity contribution >= 4 is 21.9 Å². The van der Waals surface area contributed by atoms with Gasteiger partial charge in [0.2, 0.25) is 0 Å². The number of carboxylic acids is 1. The lowest BCUT2D eigenvalue weighted by Crippen LogP contribution is -2.36. The van der Waals surface area contributed by atoms with Crippen LogP contribution in [0.1, 0.15) is 27.6 Å². The molecule has 19 heavy (non-hydrogen) atoms. The van der Waals surface area contributed by atoms with Crippen molar-refractivity contribution in [3.63, 3.8) is 0 Å². The predicted molar refractivity (Wildman–Crippen MR) is 66.4 cm³/mol. The van der Waals surface area contributed by atoms with Gasteiger partial charge in [0.25, 0.3) is 15.9 Å². The van der Waals surface area contributed by atoms with Gasteiger partial charge in [-0.2, -0.15) is 0 Å².